The van der Waals surface area contributed by atoms with Crippen LogP contribution in [-0.4, -0.2) is 14.8 Å². The topological polar surface area (TPSA) is 30.7 Å². The van der Waals surface area contributed by atoms with Crippen LogP contribution in [0.1, 0.15) is 5.56 Å². The van der Waals surface area contributed by atoms with Gasteiger partial charge >= 0.3 is 0 Å². The molecule has 0 atom stereocenters. The van der Waals surface area contributed by atoms with Crippen LogP contribution in [0.2, 0.25) is 5.15 Å². The first-order valence-corrected chi connectivity index (χ1v) is 4.77. The van der Waals surface area contributed by atoms with Crippen molar-refractivity contribution in [2.75, 3.05) is 0 Å². The Bertz CT molecular complexity index is 488. The summed E-state index contributed by atoms with van der Waals surface area (Å²) in [6, 6.07) is 1.50. The predicted molar refractivity (Wildman–Crippen MR) is 56.1 cm³/mol. The van der Waals surface area contributed by atoms with Crippen molar-refractivity contribution in [3.05, 3.63) is 35.0 Å². The van der Waals surface area contributed by atoms with E-state index in [0.29, 0.717) is 5.56 Å². The molecule has 0 N–H and O–H groups in total. The minimum atomic E-state index is -0.397. The Morgan fingerprint density at radius 3 is 2.73 bits per heavy atom. The molecular formula is C10H9ClFN3. The van der Waals surface area contributed by atoms with Gasteiger partial charge in [0.2, 0.25) is 0 Å². The van der Waals surface area contributed by atoms with Crippen molar-refractivity contribution in [1.29, 1.82) is 0 Å². The van der Waals surface area contributed by atoms with E-state index in [1.54, 1.807) is 17.9 Å². The second-order valence-electron chi connectivity index (χ2n) is 3.29. The summed E-state index contributed by atoms with van der Waals surface area (Å²) in [5, 5.41) is 4.32. The summed E-state index contributed by atoms with van der Waals surface area (Å²) in [7, 11) is 1.76. The van der Waals surface area contributed by atoms with E-state index in [1.807, 2.05) is 6.92 Å². The van der Waals surface area contributed by atoms with Gasteiger partial charge in [-0.1, -0.05) is 11.6 Å². The number of rotatable bonds is 1. The van der Waals surface area contributed by atoms with Crippen LogP contribution >= 0.6 is 11.6 Å². The lowest BCUT2D eigenvalue weighted by Crippen LogP contribution is -1.97. The summed E-state index contributed by atoms with van der Waals surface area (Å²) >= 11 is 5.73. The molecule has 0 spiro atoms. The molecule has 2 aromatic heterocycles. The molecular weight excluding hydrogens is 217 g/mol. The van der Waals surface area contributed by atoms with Crippen molar-refractivity contribution >= 4 is 11.6 Å². The molecule has 2 rings (SSSR count). The maximum atomic E-state index is 13.5. The average Bonchev–Trinajstić information content (AvgIpc) is 2.51. The van der Waals surface area contributed by atoms with E-state index in [-0.39, 0.29) is 5.15 Å². The molecule has 0 bridgehead atoms. The van der Waals surface area contributed by atoms with E-state index in [9.17, 15) is 4.39 Å². The second kappa shape index (κ2) is 3.62. The van der Waals surface area contributed by atoms with E-state index in [0.717, 1.165) is 17.5 Å². The van der Waals surface area contributed by atoms with Gasteiger partial charge in [-0.15, -0.1) is 0 Å². The molecule has 0 unspecified atom stereocenters. The number of halogens is 2. The number of nitrogens with zero attached hydrogens (tertiary/aromatic N) is 3. The van der Waals surface area contributed by atoms with Crippen LogP contribution in [0.15, 0.2) is 18.5 Å². The van der Waals surface area contributed by atoms with Gasteiger partial charge in [0.25, 0.3) is 0 Å². The van der Waals surface area contributed by atoms with E-state index in [4.69, 9.17) is 11.6 Å². The fourth-order valence-electron chi connectivity index (χ4n) is 1.53. The van der Waals surface area contributed by atoms with Gasteiger partial charge in [-0.2, -0.15) is 5.10 Å². The SMILES string of the molecule is Cc1cnn(C)c1-c1cc(Cl)ncc1F. The van der Waals surface area contributed by atoms with Crippen LogP contribution in [0.5, 0.6) is 0 Å². The molecule has 2 aromatic rings. The molecule has 0 aliphatic rings. The van der Waals surface area contributed by atoms with Crippen LogP contribution in [0.3, 0.4) is 0 Å². The molecule has 15 heavy (non-hydrogen) atoms. The molecule has 0 saturated heterocycles. The zero-order valence-electron chi connectivity index (χ0n) is 8.33. The first kappa shape index (κ1) is 10.1. The smallest absolute Gasteiger partial charge is 0.150 e. The largest absolute Gasteiger partial charge is 0.268 e. The van der Waals surface area contributed by atoms with Crippen LogP contribution in [0.25, 0.3) is 11.3 Å². The molecule has 0 fully saturated rings. The van der Waals surface area contributed by atoms with Gasteiger partial charge in [0.05, 0.1) is 18.1 Å². The fraction of sp³-hybridized carbons (Fsp3) is 0.200. The number of hydrogen-bond acceptors (Lipinski definition) is 2. The van der Waals surface area contributed by atoms with Gasteiger partial charge in [-0.25, -0.2) is 9.37 Å². The molecule has 0 aromatic carbocycles. The van der Waals surface area contributed by atoms with Crippen molar-refractivity contribution in [2.24, 2.45) is 7.05 Å². The lowest BCUT2D eigenvalue weighted by atomic mass is 10.1. The maximum Gasteiger partial charge on any atom is 0.150 e. The molecule has 5 heteroatoms. The van der Waals surface area contributed by atoms with E-state index in [2.05, 4.69) is 10.1 Å². The number of hydrogen-bond donors (Lipinski definition) is 0. The zero-order valence-corrected chi connectivity index (χ0v) is 9.09. The highest BCUT2D eigenvalue weighted by Crippen LogP contribution is 2.26. The molecule has 3 nitrogen and oxygen atoms in total. The molecule has 0 amide bonds. The Morgan fingerprint density at radius 2 is 2.13 bits per heavy atom. The number of aryl methyl sites for hydroxylation is 2. The standard InChI is InChI=1S/C10H9ClFN3/c1-6-4-14-15(2)10(6)7-3-9(11)13-5-8(7)12/h3-5H,1-2H3. The van der Waals surface area contributed by atoms with Gasteiger partial charge in [0.15, 0.2) is 5.82 Å². The van der Waals surface area contributed by atoms with Crippen LogP contribution in [0.4, 0.5) is 4.39 Å². The highest BCUT2D eigenvalue weighted by atomic mass is 35.5. The number of pyridine rings is 1. The van der Waals surface area contributed by atoms with Crippen molar-refractivity contribution in [2.45, 2.75) is 6.92 Å². The summed E-state index contributed by atoms with van der Waals surface area (Å²) in [5.41, 5.74) is 2.04. The molecule has 0 saturated carbocycles. The number of aromatic nitrogens is 3. The highest BCUT2D eigenvalue weighted by molar-refractivity contribution is 6.29. The highest BCUT2D eigenvalue weighted by Gasteiger charge is 2.13. The molecule has 0 aliphatic carbocycles. The molecule has 0 radical (unpaired) electrons. The normalized spacial score (nSPS) is 10.7. The van der Waals surface area contributed by atoms with Gasteiger partial charge in [0, 0.05) is 12.6 Å². The Kier molecular flexibility index (Phi) is 2.44. The maximum absolute atomic E-state index is 13.5. The minimum absolute atomic E-state index is 0.270. The first-order valence-electron chi connectivity index (χ1n) is 4.39. The van der Waals surface area contributed by atoms with Crippen molar-refractivity contribution in [1.82, 2.24) is 14.8 Å². The third-order valence-electron chi connectivity index (χ3n) is 2.20. The van der Waals surface area contributed by atoms with Crippen molar-refractivity contribution < 1.29 is 4.39 Å². The van der Waals surface area contributed by atoms with E-state index < -0.39 is 5.82 Å². The monoisotopic (exact) mass is 225 g/mol. The summed E-state index contributed by atoms with van der Waals surface area (Å²) in [6.45, 7) is 1.87. The quantitative estimate of drug-likeness (QED) is 0.699. The minimum Gasteiger partial charge on any atom is -0.268 e. The van der Waals surface area contributed by atoms with Crippen LogP contribution in [-0.2, 0) is 7.05 Å². The predicted octanol–water partition coefficient (Wildman–Crippen LogP) is 2.58. The lowest BCUT2D eigenvalue weighted by Gasteiger charge is -2.05. The molecule has 0 aliphatic heterocycles. The first-order chi connectivity index (χ1) is 7.09. The van der Waals surface area contributed by atoms with Gasteiger partial charge in [-0.3, -0.25) is 4.68 Å². The molecule has 2 heterocycles. The van der Waals surface area contributed by atoms with E-state index in [1.165, 1.54) is 6.07 Å². The Hall–Kier alpha value is -1.42. The fourth-order valence-corrected chi connectivity index (χ4v) is 1.69. The second-order valence-corrected chi connectivity index (χ2v) is 3.67. The summed E-state index contributed by atoms with van der Waals surface area (Å²) in [6.07, 6.45) is 2.80. The molecule has 78 valence electrons. The lowest BCUT2D eigenvalue weighted by molar-refractivity contribution is 0.621. The van der Waals surface area contributed by atoms with Crippen LogP contribution < -0.4 is 0 Å². The Morgan fingerprint density at radius 1 is 1.40 bits per heavy atom. The average molecular weight is 226 g/mol. The van der Waals surface area contributed by atoms with E-state index >= 15 is 0 Å². The van der Waals surface area contributed by atoms with Crippen molar-refractivity contribution in [3.8, 4) is 11.3 Å². The van der Waals surface area contributed by atoms with Gasteiger partial charge < -0.3 is 0 Å². The summed E-state index contributed by atoms with van der Waals surface area (Å²) in [4.78, 5) is 3.67. The summed E-state index contributed by atoms with van der Waals surface area (Å²) in [5.74, 6) is -0.397. The third-order valence-corrected chi connectivity index (χ3v) is 2.41. The summed E-state index contributed by atoms with van der Waals surface area (Å²) < 4.78 is 15.1. The Labute approximate surface area is 91.5 Å². The zero-order chi connectivity index (χ0) is 11.0. The van der Waals surface area contributed by atoms with Gasteiger partial charge in [-0.05, 0) is 18.6 Å². The van der Waals surface area contributed by atoms with Crippen LogP contribution in [0, 0.1) is 12.7 Å². The van der Waals surface area contributed by atoms with Crippen molar-refractivity contribution in [3.63, 3.8) is 0 Å². The Balaban J connectivity index is 2.68. The third kappa shape index (κ3) is 1.72. The van der Waals surface area contributed by atoms with Gasteiger partial charge in [0.1, 0.15) is 5.15 Å².